The third-order valence-corrected chi connectivity index (χ3v) is 5.68. The second kappa shape index (κ2) is 11.3. The number of hydrogen-bond donors (Lipinski definition) is 2. The number of amides is 2. The average Bonchev–Trinajstić information content (AvgIpc) is 2.83. The van der Waals surface area contributed by atoms with Crippen molar-refractivity contribution in [3.05, 3.63) is 65.7 Å². The molecule has 3 rings (SSSR count). The van der Waals surface area contributed by atoms with Crippen molar-refractivity contribution in [1.29, 1.82) is 0 Å². The number of anilines is 1. The Labute approximate surface area is 189 Å². The molecule has 0 spiro atoms. The zero-order valence-corrected chi connectivity index (χ0v) is 18.7. The summed E-state index contributed by atoms with van der Waals surface area (Å²) in [5, 5.41) is 6.11. The lowest BCUT2D eigenvalue weighted by Crippen LogP contribution is -2.43. The zero-order chi connectivity index (χ0) is 22.9. The van der Waals surface area contributed by atoms with Gasteiger partial charge in [-0.2, -0.15) is 0 Å². The number of nitrogens with zero attached hydrogens (tertiary/aromatic N) is 1. The van der Waals surface area contributed by atoms with Gasteiger partial charge in [-0.05, 0) is 50.5 Å². The molecule has 170 valence electrons. The molecule has 2 amide bonds. The number of nitrogens with one attached hydrogen (secondary N) is 2. The number of piperidine rings is 1. The molecule has 0 bridgehead atoms. The molecule has 1 atom stereocenters. The van der Waals surface area contributed by atoms with E-state index in [1.807, 2.05) is 43.3 Å². The summed E-state index contributed by atoms with van der Waals surface area (Å²) in [4.78, 5) is 38.8. The zero-order valence-electron chi connectivity index (χ0n) is 18.7. The molecule has 1 aliphatic heterocycles. The normalized spacial score (nSPS) is 15.0. The number of hydrogen-bond acceptors (Lipinski definition) is 5. The molecule has 2 aromatic rings. The van der Waals surface area contributed by atoms with E-state index in [1.165, 1.54) is 0 Å². The maximum Gasteiger partial charge on any atom is 0.309 e. The Balaban J connectivity index is 1.49. The number of likely N-dealkylation sites (tertiary alicyclic amines) is 1. The van der Waals surface area contributed by atoms with Gasteiger partial charge in [-0.15, -0.1) is 0 Å². The first kappa shape index (κ1) is 23.3. The van der Waals surface area contributed by atoms with Crippen LogP contribution in [-0.2, 0) is 14.3 Å². The Morgan fingerprint density at radius 3 is 2.47 bits per heavy atom. The van der Waals surface area contributed by atoms with Crippen LogP contribution in [0.15, 0.2) is 54.6 Å². The predicted octanol–water partition coefficient (Wildman–Crippen LogP) is 3.39. The van der Waals surface area contributed by atoms with Gasteiger partial charge in [0.1, 0.15) is 0 Å². The van der Waals surface area contributed by atoms with Gasteiger partial charge < -0.3 is 20.3 Å². The molecule has 7 nitrogen and oxygen atoms in total. The summed E-state index contributed by atoms with van der Waals surface area (Å²) < 4.78 is 5.07. The lowest BCUT2D eigenvalue weighted by atomic mass is 9.97. The highest BCUT2D eigenvalue weighted by atomic mass is 16.5. The second-order valence-corrected chi connectivity index (χ2v) is 7.95. The molecule has 0 radical (unpaired) electrons. The smallest absolute Gasteiger partial charge is 0.309 e. The minimum Gasteiger partial charge on any atom is -0.466 e. The van der Waals surface area contributed by atoms with E-state index in [-0.39, 0.29) is 36.3 Å². The van der Waals surface area contributed by atoms with Gasteiger partial charge in [0, 0.05) is 24.3 Å². The fourth-order valence-electron chi connectivity index (χ4n) is 3.79. The van der Waals surface area contributed by atoms with E-state index in [4.69, 9.17) is 4.74 Å². The molecule has 1 heterocycles. The summed E-state index contributed by atoms with van der Waals surface area (Å²) in [7, 11) is 0. The largest absolute Gasteiger partial charge is 0.466 e. The molecule has 1 aliphatic rings. The third kappa shape index (κ3) is 6.33. The van der Waals surface area contributed by atoms with Crippen LogP contribution in [0.1, 0.15) is 48.7 Å². The molecule has 1 fully saturated rings. The minimum absolute atomic E-state index is 0.0279. The highest BCUT2D eigenvalue weighted by Gasteiger charge is 2.28. The summed E-state index contributed by atoms with van der Waals surface area (Å²) in [5.74, 6) is -0.493. The van der Waals surface area contributed by atoms with Crippen LogP contribution in [0.3, 0.4) is 0 Å². The van der Waals surface area contributed by atoms with Crippen LogP contribution >= 0.6 is 0 Å². The summed E-state index contributed by atoms with van der Waals surface area (Å²) in [6, 6.07) is 16.8. The number of ether oxygens (including phenoxy) is 1. The molecule has 2 aromatic carbocycles. The predicted molar refractivity (Wildman–Crippen MR) is 123 cm³/mol. The highest BCUT2D eigenvalue weighted by molar-refractivity contribution is 5.95. The van der Waals surface area contributed by atoms with Gasteiger partial charge in [0.25, 0.3) is 5.91 Å². The number of benzene rings is 2. The quantitative estimate of drug-likeness (QED) is 0.618. The van der Waals surface area contributed by atoms with Crippen LogP contribution < -0.4 is 10.6 Å². The summed E-state index contributed by atoms with van der Waals surface area (Å²) in [6.07, 6.45) is 1.25. The van der Waals surface area contributed by atoms with Crippen molar-refractivity contribution < 1.29 is 19.1 Å². The lowest BCUT2D eigenvalue weighted by molar-refractivity contribution is -0.151. The summed E-state index contributed by atoms with van der Waals surface area (Å²) in [5.41, 5.74) is 2.27. The van der Waals surface area contributed by atoms with Crippen LogP contribution in [0.4, 0.5) is 5.69 Å². The molecule has 7 heteroatoms. The third-order valence-electron chi connectivity index (χ3n) is 5.68. The van der Waals surface area contributed by atoms with E-state index >= 15 is 0 Å². The molecule has 0 aliphatic carbocycles. The van der Waals surface area contributed by atoms with Crippen LogP contribution in [0.2, 0.25) is 0 Å². The van der Waals surface area contributed by atoms with E-state index in [0.29, 0.717) is 43.8 Å². The Bertz CT molecular complexity index is 924. The van der Waals surface area contributed by atoms with Crippen molar-refractivity contribution >= 4 is 23.5 Å². The molecule has 0 saturated carbocycles. The maximum absolute atomic E-state index is 12.6. The van der Waals surface area contributed by atoms with Gasteiger partial charge >= 0.3 is 5.97 Å². The number of esters is 1. The van der Waals surface area contributed by atoms with Gasteiger partial charge in [0.05, 0.1) is 25.1 Å². The molecule has 1 unspecified atom stereocenters. The van der Waals surface area contributed by atoms with Crippen molar-refractivity contribution in [1.82, 2.24) is 10.2 Å². The first-order chi connectivity index (χ1) is 15.5. The van der Waals surface area contributed by atoms with Crippen LogP contribution in [-0.4, -0.2) is 48.9 Å². The second-order valence-electron chi connectivity index (χ2n) is 7.95. The fraction of sp³-hybridized carbons (Fsp3) is 0.400. The van der Waals surface area contributed by atoms with E-state index in [1.54, 1.807) is 30.0 Å². The SMILES string of the molecule is CCOC(=O)C1CCN(C(=O)CNc2cccc(C(=O)NC(C)c3ccccc3)c2)CC1. The average molecular weight is 438 g/mol. The fourth-order valence-corrected chi connectivity index (χ4v) is 3.79. The van der Waals surface area contributed by atoms with E-state index < -0.39 is 0 Å². The molecule has 0 aromatic heterocycles. The summed E-state index contributed by atoms with van der Waals surface area (Å²) >= 11 is 0. The number of carbonyl (C=O) groups is 3. The molecular weight excluding hydrogens is 406 g/mol. The summed E-state index contributed by atoms with van der Waals surface area (Å²) in [6.45, 7) is 5.34. The standard InChI is InChI=1S/C25H31N3O4/c1-3-32-25(31)20-12-14-28(15-13-20)23(29)17-26-22-11-7-10-21(16-22)24(30)27-18(2)19-8-5-4-6-9-19/h4-11,16,18,20,26H,3,12-15,17H2,1-2H3,(H,27,30). The Kier molecular flexibility index (Phi) is 8.25. The van der Waals surface area contributed by atoms with Gasteiger partial charge in [-0.1, -0.05) is 36.4 Å². The molecular formula is C25H31N3O4. The van der Waals surface area contributed by atoms with E-state index in [2.05, 4.69) is 10.6 Å². The number of carbonyl (C=O) groups excluding carboxylic acids is 3. The van der Waals surface area contributed by atoms with Crippen molar-refractivity contribution in [2.24, 2.45) is 5.92 Å². The first-order valence-corrected chi connectivity index (χ1v) is 11.1. The van der Waals surface area contributed by atoms with Crippen molar-refractivity contribution in [2.45, 2.75) is 32.7 Å². The Morgan fingerprint density at radius 1 is 1.06 bits per heavy atom. The molecule has 1 saturated heterocycles. The van der Waals surface area contributed by atoms with Gasteiger partial charge in [-0.25, -0.2) is 0 Å². The first-order valence-electron chi connectivity index (χ1n) is 11.1. The monoisotopic (exact) mass is 437 g/mol. The van der Waals surface area contributed by atoms with Gasteiger partial charge in [-0.3, -0.25) is 14.4 Å². The highest BCUT2D eigenvalue weighted by Crippen LogP contribution is 2.19. The van der Waals surface area contributed by atoms with Gasteiger partial charge in [0.15, 0.2) is 0 Å². The van der Waals surface area contributed by atoms with Crippen molar-refractivity contribution in [2.75, 3.05) is 31.6 Å². The van der Waals surface area contributed by atoms with Gasteiger partial charge in [0.2, 0.25) is 5.91 Å². The molecule has 2 N–H and O–H groups in total. The maximum atomic E-state index is 12.6. The Hall–Kier alpha value is -3.35. The van der Waals surface area contributed by atoms with Crippen molar-refractivity contribution in [3.63, 3.8) is 0 Å². The van der Waals surface area contributed by atoms with E-state index in [0.717, 1.165) is 5.56 Å². The minimum atomic E-state index is -0.172. The topological polar surface area (TPSA) is 87.7 Å². The van der Waals surface area contributed by atoms with Crippen LogP contribution in [0, 0.1) is 5.92 Å². The molecule has 32 heavy (non-hydrogen) atoms. The van der Waals surface area contributed by atoms with Crippen molar-refractivity contribution in [3.8, 4) is 0 Å². The van der Waals surface area contributed by atoms with Crippen LogP contribution in [0.5, 0.6) is 0 Å². The Morgan fingerprint density at radius 2 is 1.78 bits per heavy atom. The number of rotatable bonds is 8. The van der Waals surface area contributed by atoms with Crippen LogP contribution in [0.25, 0.3) is 0 Å². The lowest BCUT2D eigenvalue weighted by Gasteiger charge is -2.31. The van der Waals surface area contributed by atoms with E-state index in [9.17, 15) is 14.4 Å².